The zero-order valence-electron chi connectivity index (χ0n) is 13.4. The molecule has 134 valence electrons. The molecule has 0 aliphatic rings. The highest BCUT2D eigenvalue weighted by Gasteiger charge is 2.28. The third-order valence-electron chi connectivity index (χ3n) is 3.89. The molecule has 0 radical (unpaired) electrons. The molecule has 0 unspecified atom stereocenters. The summed E-state index contributed by atoms with van der Waals surface area (Å²) in [6.07, 6.45) is -1.73. The summed E-state index contributed by atoms with van der Waals surface area (Å²) < 4.78 is 14.0. The number of hydrogen-bond donors (Lipinski definition) is 4. The fourth-order valence-corrected chi connectivity index (χ4v) is 2.57. The van der Waals surface area contributed by atoms with Gasteiger partial charge in [-0.05, 0) is 24.1 Å². The predicted octanol–water partition coefficient (Wildman–Crippen LogP) is 0.884. The van der Waals surface area contributed by atoms with Gasteiger partial charge in [-0.3, -0.25) is 4.79 Å². The van der Waals surface area contributed by atoms with E-state index in [-0.39, 0.29) is 23.0 Å². The molecule has 1 heterocycles. The van der Waals surface area contributed by atoms with Gasteiger partial charge in [-0.2, -0.15) is 15.4 Å². The lowest BCUT2D eigenvalue weighted by Crippen LogP contribution is -2.48. The number of nitrogens with zero attached hydrogens (tertiary/aromatic N) is 2. The number of halogens is 1. The Morgan fingerprint density at radius 3 is 2.62 bits per heavy atom. The predicted molar refractivity (Wildman–Crippen MR) is 88.9 cm³/mol. The molecule has 26 heavy (non-hydrogen) atoms. The fourth-order valence-electron chi connectivity index (χ4n) is 2.57. The largest absolute Gasteiger partial charge is 0.479 e. The number of aromatic nitrogens is 3. The van der Waals surface area contributed by atoms with Crippen LogP contribution in [0, 0.1) is 5.82 Å². The SMILES string of the molecule is O=C(N[C@H](Cc1ccccc1)[C@@H](O)C(=O)O)c1cc(F)c2n[nH]nc2c1. The van der Waals surface area contributed by atoms with Gasteiger partial charge in [0.25, 0.3) is 5.91 Å². The molecule has 9 heteroatoms. The van der Waals surface area contributed by atoms with Crippen molar-refractivity contribution in [1.82, 2.24) is 20.7 Å². The highest BCUT2D eigenvalue weighted by atomic mass is 19.1. The molecule has 0 aliphatic carbocycles. The van der Waals surface area contributed by atoms with Crippen LogP contribution in [-0.4, -0.2) is 49.6 Å². The molecular formula is C17H15FN4O4. The van der Waals surface area contributed by atoms with Crippen LogP contribution in [0.5, 0.6) is 0 Å². The van der Waals surface area contributed by atoms with Gasteiger partial charge >= 0.3 is 5.97 Å². The number of amides is 1. The Balaban J connectivity index is 1.84. The second-order valence-corrected chi connectivity index (χ2v) is 5.70. The lowest BCUT2D eigenvalue weighted by Gasteiger charge is -2.21. The number of aliphatic hydroxyl groups is 1. The number of H-pyrrole nitrogens is 1. The van der Waals surface area contributed by atoms with Crippen molar-refractivity contribution in [3.05, 3.63) is 59.4 Å². The highest BCUT2D eigenvalue weighted by Crippen LogP contribution is 2.16. The maximum Gasteiger partial charge on any atom is 0.334 e. The van der Waals surface area contributed by atoms with Gasteiger partial charge in [-0.25, -0.2) is 9.18 Å². The first-order valence-electron chi connectivity index (χ1n) is 7.71. The standard InChI is InChI=1S/C17H15FN4O4/c18-11-7-10(8-12-14(11)21-22-20-12)16(24)19-13(15(23)17(25)26)6-9-4-2-1-3-5-9/h1-5,7-8,13,15,23H,6H2,(H,19,24)(H,25,26)(H,20,21,22)/t13-,15-/m1/s1. The normalized spacial score (nSPS) is 13.3. The Hall–Kier alpha value is -3.33. The number of rotatable bonds is 6. The van der Waals surface area contributed by atoms with Crippen molar-refractivity contribution in [2.75, 3.05) is 0 Å². The number of aliphatic hydroxyl groups excluding tert-OH is 1. The van der Waals surface area contributed by atoms with Gasteiger partial charge in [-0.1, -0.05) is 30.3 Å². The van der Waals surface area contributed by atoms with Gasteiger partial charge < -0.3 is 15.5 Å². The van der Waals surface area contributed by atoms with Crippen molar-refractivity contribution in [3.63, 3.8) is 0 Å². The van der Waals surface area contributed by atoms with E-state index in [1.807, 2.05) is 0 Å². The number of carboxylic acids is 1. The maximum atomic E-state index is 14.0. The van der Waals surface area contributed by atoms with Gasteiger partial charge in [0.05, 0.1) is 6.04 Å². The van der Waals surface area contributed by atoms with Crippen LogP contribution in [-0.2, 0) is 11.2 Å². The van der Waals surface area contributed by atoms with E-state index < -0.39 is 29.8 Å². The van der Waals surface area contributed by atoms with Crippen LogP contribution in [0.25, 0.3) is 11.0 Å². The molecule has 0 saturated carbocycles. The lowest BCUT2D eigenvalue weighted by molar-refractivity contribution is -0.148. The number of hydrogen-bond acceptors (Lipinski definition) is 5. The number of benzene rings is 2. The zero-order chi connectivity index (χ0) is 18.7. The third kappa shape index (κ3) is 3.67. The topological polar surface area (TPSA) is 128 Å². The summed E-state index contributed by atoms with van der Waals surface area (Å²) in [5, 5.41) is 31.1. The van der Waals surface area contributed by atoms with Crippen molar-refractivity contribution in [2.24, 2.45) is 0 Å². The average molecular weight is 358 g/mol. The molecule has 4 N–H and O–H groups in total. The molecule has 3 aromatic rings. The first-order valence-corrected chi connectivity index (χ1v) is 7.71. The van der Waals surface area contributed by atoms with Crippen LogP contribution in [0.1, 0.15) is 15.9 Å². The number of nitrogens with one attached hydrogen (secondary N) is 2. The number of carbonyl (C=O) groups excluding carboxylic acids is 1. The maximum absolute atomic E-state index is 14.0. The van der Waals surface area contributed by atoms with Crippen LogP contribution < -0.4 is 5.32 Å². The summed E-state index contributed by atoms with van der Waals surface area (Å²) in [4.78, 5) is 23.6. The van der Waals surface area contributed by atoms with E-state index in [1.165, 1.54) is 6.07 Å². The van der Waals surface area contributed by atoms with E-state index in [2.05, 4.69) is 20.7 Å². The number of aromatic amines is 1. The van der Waals surface area contributed by atoms with Crippen LogP contribution in [0.4, 0.5) is 4.39 Å². The van der Waals surface area contributed by atoms with Gasteiger partial charge in [0.15, 0.2) is 11.9 Å². The minimum absolute atomic E-state index is 0.00652. The van der Waals surface area contributed by atoms with Gasteiger partial charge in [0.1, 0.15) is 11.0 Å². The monoisotopic (exact) mass is 358 g/mol. The van der Waals surface area contributed by atoms with Crippen LogP contribution >= 0.6 is 0 Å². The van der Waals surface area contributed by atoms with Gasteiger partial charge in [0, 0.05) is 5.56 Å². The van der Waals surface area contributed by atoms with E-state index in [0.29, 0.717) is 0 Å². The molecule has 0 bridgehead atoms. The molecule has 2 aromatic carbocycles. The van der Waals surface area contributed by atoms with Crippen molar-refractivity contribution in [3.8, 4) is 0 Å². The highest BCUT2D eigenvalue weighted by molar-refractivity contribution is 5.97. The van der Waals surface area contributed by atoms with E-state index in [4.69, 9.17) is 5.11 Å². The van der Waals surface area contributed by atoms with Crippen LogP contribution in [0.15, 0.2) is 42.5 Å². The van der Waals surface area contributed by atoms with Crippen molar-refractivity contribution < 1.29 is 24.2 Å². The van der Waals surface area contributed by atoms with E-state index in [0.717, 1.165) is 11.6 Å². The summed E-state index contributed by atoms with van der Waals surface area (Å²) in [5.74, 6) is -2.93. The Morgan fingerprint density at radius 2 is 1.92 bits per heavy atom. The molecule has 2 atom stereocenters. The van der Waals surface area contributed by atoms with Crippen LogP contribution in [0.3, 0.4) is 0 Å². The fraction of sp³-hybridized carbons (Fsp3) is 0.176. The summed E-state index contributed by atoms with van der Waals surface area (Å²) in [6, 6.07) is 10.0. The van der Waals surface area contributed by atoms with Crippen molar-refractivity contribution >= 4 is 22.9 Å². The van der Waals surface area contributed by atoms with Gasteiger partial charge in [-0.15, -0.1) is 0 Å². The molecular weight excluding hydrogens is 343 g/mol. The molecule has 3 rings (SSSR count). The van der Waals surface area contributed by atoms with E-state index >= 15 is 0 Å². The van der Waals surface area contributed by atoms with Crippen LogP contribution in [0.2, 0.25) is 0 Å². The molecule has 0 saturated heterocycles. The first kappa shape index (κ1) is 17.5. The van der Waals surface area contributed by atoms with E-state index in [9.17, 15) is 19.1 Å². The van der Waals surface area contributed by atoms with Crippen molar-refractivity contribution in [1.29, 1.82) is 0 Å². The zero-order valence-corrected chi connectivity index (χ0v) is 13.4. The molecule has 0 fully saturated rings. The molecule has 8 nitrogen and oxygen atoms in total. The third-order valence-corrected chi connectivity index (χ3v) is 3.89. The minimum atomic E-state index is -1.82. The summed E-state index contributed by atoms with van der Waals surface area (Å²) in [5.41, 5.74) is 0.831. The minimum Gasteiger partial charge on any atom is -0.479 e. The Kier molecular flexibility index (Phi) is 4.90. The molecule has 1 amide bonds. The lowest BCUT2D eigenvalue weighted by atomic mass is 10.0. The Bertz CT molecular complexity index is 944. The number of fused-ring (bicyclic) bond motifs is 1. The quantitative estimate of drug-likeness (QED) is 0.518. The average Bonchev–Trinajstić information content (AvgIpc) is 3.10. The first-order chi connectivity index (χ1) is 12.5. The number of carbonyl (C=O) groups is 2. The molecule has 1 aromatic heterocycles. The Morgan fingerprint density at radius 1 is 1.19 bits per heavy atom. The summed E-state index contributed by atoms with van der Waals surface area (Å²) >= 11 is 0. The summed E-state index contributed by atoms with van der Waals surface area (Å²) in [6.45, 7) is 0. The van der Waals surface area contributed by atoms with E-state index in [1.54, 1.807) is 30.3 Å². The second kappa shape index (κ2) is 7.28. The molecule has 0 spiro atoms. The molecule has 0 aliphatic heterocycles. The Labute approximate surface area is 146 Å². The summed E-state index contributed by atoms with van der Waals surface area (Å²) in [7, 11) is 0. The number of aliphatic carboxylic acids is 1. The smallest absolute Gasteiger partial charge is 0.334 e. The van der Waals surface area contributed by atoms with Crippen molar-refractivity contribution in [2.45, 2.75) is 18.6 Å². The van der Waals surface area contributed by atoms with Gasteiger partial charge in [0.2, 0.25) is 0 Å². The second-order valence-electron chi connectivity index (χ2n) is 5.70. The number of carboxylic acid groups (broad SMARTS) is 1.